The number of nitrogens with one attached hydrogen (secondary N) is 1. The van der Waals surface area contributed by atoms with Gasteiger partial charge in [-0.05, 0) is 5.56 Å². The molecule has 3 aromatic carbocycles. The second-order valence-electron chi connectivity index (χ2n) is 6.45. The molecule has 1 aliphatic heterocycles. The summed E-state index contributed by atoms with van der Waals surface area (Å²) in [7, 11) is -3.21. The summed E-state index contributed by atoms with van der Waals surface area (Å²) in [4.78, 5) is 12.8. The first kappa shape index (κ1) is 17.4. The Labute approximate surface area is 158 Å². The SMILES string of the molecule is O=C1NN=C(c2ccccc2)C[C@H]1P(=O)(c1ccccc1)c1ccccc1. The van der Waals surface area contributed by atoms with E-state index in [0.29, 0.717) is 17.0 Å². The molecule has 5 heteroatoms. The van der Waals surface area contributed by atoms with Gasteiger partial charge in [0.15, 0.2) is 7.14 Å². The van der Waals surface area contributed by atoms with Crippen LogP contribution in [0.25, 0.3) is 0 Å². The van der Waals surface area contributed by atoms with Crippen LogP contribution in [-0.2, 0) is 9.36 Å². The van der Waals surface area contributed by atoms with Crippen molar-refractivity contribution >= 4 is 29.4 Å². The Balaban J connectivity index is 1.82. The van der Waals surface area contributed by atoms with Crippen LogP contribution in [0.5, 0.6) is 0 Å². The number of amides is 1. The smallest absolute Gasteiger partial charge is 0.251 e. The molecule has 0 saturated heterocycles. The number of rotatable bonds is 4. The molecule has 0 fully saturated rings. The molecule has 3 aromatic rings. The van der Waals surface area contributed by atoms with Gasteiger partial charge in [0.2, 0.25) is 0 Å². The Morgan fingerprint density at radius 3 is 1.78 bits per heavy atom. The minimum Gasteiger partial charge on any atom is -0.313 e. The molecule has 27 heavy (non-hydrogen) atoms. The van der Waals surface area contributed by atoms with Crippen LogP contribution in [-0.4, -0.2) is 17.3 Å². The standard InChI is InChI=1S/C22H19N2O2P/c25-22-21(16-20(23-24-22)17-10-4-1-5-11-17)27(26,18-12-6-2-7-13-18)19-14-8-3-9-15-19/h1-15,21H,16H2,(H,24,25)/t21-/m1/s1. The third-order valence-corrected chi connectivity index (χ3v) is 8.24. The van der Waals surface area contributed by atoms with Gasteiger partial charge in [-0.2, -0.15) is 5.10 Å². The van der Waals surface area contributed by atoms with Crippen molar-refractivity contribution < 1.29 is 9.36 Å². The minimum absolute atomic E-state index is 0.300. The van der Waals surface area contributed by atoms with E-state index in [2.05, 4.69) is 10.5 Å². The van der Waals surface area contributed by atoms with Crippen LogP contribution in [0.1, 0.15) is 12.0 Å². The van der Waals surface area contributed by atoms with Crippen molar-refractivity contribution in [1.82, 2.24) is 5.43 Å². The fraction of sp³-hybridized carbons (Fsp3) is 0.0909. The van der Waals surface area contributed by atoms with Crippen molar-refractivity contribution in [2.75, 3.05) is 0 Å². The second-order valence-corrected chi connectivity index (χ2v) is 9.42. The maximum atomic E-state index is 14.4. The van der Waals surface area contributed by atoms with Gasteiger partial charge in [0, 0.05) is 17.0 Å². The van der Waals surface area contributed by atoms with Crippen molar-refractivity contribution in [3.05, 3.63) is 96.6 Å². The van der Waals surface area contributed by atoms with Crippen LogP contribution in [0.3, 0.4) is 0 Å². The Morgan fingerprint density at radius 2 is 1.26 bits per heavy atom. The van der Waals surface area contributed by atoms with Crippen LogP contribution in [0.2, 0.25) is 0 Å². The molecule has 1 amide bonds. The largest absolute Gasteiger partial charge is 0.313 e. The first-order valence-corrected chi connectivity index (χ1v) is 10.6. The number of hydrogen-bond acceptors (Lipinski definition) is 3. The molecule has 1 atom stereocenters. The number of carbonyl (C=O) groups is 1. The Kier molecular flexibility index (Phi) is 4.74. The normalized spacial score (nSPS) is 17.1. The van der Waals surface area contributed by atoms with Gasteiger partial charge < -0.3 is 4.57 Å². The quantitative estimate of drug-likeness (QED) is 0.713. The summed E-state index contributed by atoms with van der Waals surface area (Å²) in [6, 6.07) is 28.3. The maximum absolute atomic E-state index is 14.4. The molecule has 0 aromatic heterocycles. The van der Waals surface area contributed by atoms with Gasteiger partial charge >= 0.3 is 0 Å². The van der Waals surface area contributed by atoms with Crippen LogP contribution in [0, 0.1) is 0 Å². The van der Waals surface area contributed by atoms with Crippen molar-refractivity contribution in [3.8, 4) is 0 Å². The average Bonchev–Trinajstić information content (AvgIpc) is 2.75. The molecule has 4 rings (SSSR count). The molecule has 0 spiro atoms. The van der Waals surface area contributed by atoms with Gasteiger partial charge in [-0.25, -0.2) is 5.43 Å². The Hall–Kier alpha value is -2.97. The predicted molar refractivity (Wildman–Crippen MR) is 109 cm³/mol. The number of hydrogen-bond donors (Lipinski definition) is 1. The third kappa shape index (κ3) is 3.24. The average molecular weight is 374 g/mol. The lowest BCUT2D eigenvalue weighted by atomic mass is 10.0. The van der Waals surface area contributed by atoms with E-state index in [1.54, 1.807) is 0 Å². The van der Waals surface area contributed by atoms with Crippen molar-refractivity contribution in [2.24, 2.45) is 5.10 Å². The van der Waals surface area contributed by atoms with E-state index in [9.17, 15) is 9.36 Å². The van der Waals surface area contributed by atoms with Crippen LogP contribution in [0.15, 0.2) is 96.1 Å². The van der Waals surface area contributed by atoms with Gasteiger partial charge in [-0.1, -0.05) is 91.0 Å². The molecular formula is C22H19N2O2P. The molecule has 1 N–H and O–H groups in total. The fourth-order valence-electron chi connectivity index (χ4n) is 3.43. The van der Waals surface area contributed by atoms with Crippen LogP contribution >= 0.6 is 7.14 Å². The van der Waals surface area contributed by atoms with Crippen LogP contribution in [0.4, 0.5) is 0 Å². The molecule has 1 heterocycles. The van der Waals surface area contributed by atoms with Gasteiger partial charge in [0.25, 0.3) is 5.91 Å². The zero-order chi connectivity index (χ0) is 18.7. The number of carbonyl (C=O) groups excluding carboxylic acids is 1. The molecule has 0 bridgehead atoms. The number of hydrazone groups is 1. The molecule has 0 aliphatic carbocycles. The first-order valence-electron chi connectivity index (χ1n) is 8.82. The number of benzene rings is 3. The molecule has 0 radical (unpaired) electrons. The topological polar surface area (TPSA) is 58.5 Å². The summed E-state index contributed by atoms with van der Waals surface area (Å²) in [5.74, 6) is -0.300. The highest BCUT2D eigenvalue weighted by Gasteiger charge is 2.43. The van der Waals surface area contributed by atoms with Gasteiger partial charge in [-0.3, -0.25) is 4.79 Å². The molecule has 134 valence electrons. The van der Waals surface area contributed by atoms with E-state index in [1.165, 1.54) is 0 Å². The summed E-state index contributed by atoms with van der Waals surface area (Å²) in [6.07, 6.45) is 0.330. The zero-order valence-corrected chi connectivity index (χ0v) is 15.6. The highest BCUT2D eigenvalue weighted by atomic mass is 31.2. The Bertz CT molecular complexity index is 974. The predicted octanol–water partition coefficient (Wildman–Crippen LogP) is 3.29. The summed E-state index contributed by atoms with van der Waals surface area (Å²) < 4.78 is 14.4. The van der Waals surface area contributed by atoms with Crippen molar-refractivity contribution in [2.45, 2.75) is 12.1 Å². The minimum atomic E-state index is -3.21. The fourth-order valence-corrected chi connectivity index (χ4v) is 6.50. The van der Waals surface area contributed by atoms with E-state index in [-0.39, 0.29) is 5.91 Å². The molecule has 4 nitrogen and oxygen atoms in total. The molecule has 1 aliphatic rings. The molecule has 0 unspecified atom stereocenters. The lowest BCUT2D eigenvalue weighted by Gasteiger charge is -2.30. The van der Waals surface area contributed by atoms with E-state index in [0.717, 1.165) is 11.3 Å². The lowest BCUT2D eigenvalue weighted by Crippen LogP contribution is -2.42. The Morgan fingerprint density at radius 1 is 0.778 bits per heavy atom. The summed E-state index contributed by atoms with van der Waals surface area (Å²) in [5, 5.41) is 5.60. The van der Waals surface area contributed by atoms with Gasteiger partial charge in [-0.15, -0.1) is 0 Å². The summed E-state index contributed by atoms with van der Waals surface area (Å²) in [5.41, 5.74) is 3.57. The van der Waals surface area contributed by atoms with E-state index in [4.69, 9.17) is 0 Å². The third-order valence-electron chi connectivity index (χ3n) is 4.82. The van der Waals surface area contributed by atoms with Crippen molar-refractivity contribution in [1.29, 1.82) is 0 Å². The lowest BCUT2D eigenvalue weighted by molar-refractivity contribution is -0.120. The monoisotopic (exact) mass is 374 g/mol. The van der Waals surface area contributed by atoms with Gasteiger partial charge in [0.05, 0.1) is 5.71 Å². The van der Waals surface area contributed by atoms with E-state index < -0.39 is 12.8 Å². The second kappa shape index (κ2) is 7.34. The molecular weight excluding hydrogens is 355 g/mol. The number of nitrogens with zero attached hydrogens (tertiary/aromatic N) is 1. The zero-order valence-electron chi connectivity index (χ0n) is 14.7. The maximum Gasteiger partial charge on any atom is 0.251 e. The van der Waals surface area contributed by atoms with E-state index >= 15 is 0 Å². The van der Waals surface area contributed by atoms with Gasteiger partial charge in [0.1, 0.15) is 5.66 Å². The van der Waals surface area contributed by atoms with E-state index in [1.807, 2.05) is 91.0 Å². The first-order chi connectivity index (χ1) is 13.2. The molecule has 0 saturated carbocycles. The highest BCUT2D eigenvalue weighted by Crippen LogP contribution is 2.51. The summed E-state index contributed by atoms with van der Waals surface area (Å²) >= 11 is 0. The highest BCUT2D eigenvalue weighted by molar-refractivity contribution is 7.80. The summed E-state index contributed by atoms with van der Waals surface area (Å²) in [6.45, 7) is 0. The van der Waals surface area contributed by atoms with Crippen molar-refractivity contribution in [3.63, 3.8) is 0 Å². The van der Waals surface area contributed by atoms with Crippen LogP contribution < -0.4 is 16.0 Å².